The molecule has 0 aliphatic rings. The summed E-state index contributed by atoms with van der Waals surface area (Å²) in [5.74, 6) is -2.39. The summed E-state index contributed by atoms with van der Waals surface area (Å²) in [4.78, 5) is 46.3. The Bertz CT molecular complexity index is 1160. The molecule has 0 aliphatic heterocycles. The fourth-order valence-corrected chi connectivity index (χ4v) is 2.88. The minimum absolute atomic E-state index is 0.191. The van der Waals surface area contributed by atoms with Crippen LogP contribution in [0, 0.1) is 13.8 Å². The molecule has 3 N–H and O–H groups in total. The molecule has 9 heteroatoms. The highest BCUT2D eigenvalue weighted by Crippen LogP contribution is 2.28. The first-order chi connectivity index (χ1) is 13.3. The Morgan fingerprint density at radius 2 is 1.71 bits per heavy atom. The second kappa shape index (κ2) is 7.55. The van der Waals surface area contributed by atoms with E-state index in [0.29, 0.717) is 22.1 Å². The van der Waals surface area contributed by atoms with Crippen LogP contribution in [0.2, 0.25) is 0 Å². The van der Waals surface area contributed by atoms with E-state index in [1.807, 2.05) is 13.0 Å². The fraction of sp³-hybridized carbons (Fsp3) is 0.263. The lowest BCUT2D eigenvalue weighted by Gasteiger charge is -2.09. The first-order valence-corrected chi connectivity index (χ1v) is 8.45. The molecule has 0 radical (unpaired) electrons. The van der Waals surface area contributed by atoms with Crippen molar-refractivity contribution in [3.63, 3.8) is 0 Å². The predicted molar refractivity (Wildman–Crippen MR) is 99.1 cm³/mol. The first kappa shape index (κ1) is 19.2. The van der Waals surface area contributed by atoms with Crippen LogP contribution in [0.25, 0.3) is 21.9 Å². The van der Waals surface area contributed by atoms with Crippen molar-refractivity contribution in [3.8, 4) is 0 Å². The second-order valence-electron chi connectivity index (χ2n) is 6.38. The van der Waals surface area contributed by atoms with Gasteiger partial charge in [-0.1, -0.05) is 0 Å². The Hall–Kier alpha value is -3.62. The lowest BCUT2D eigenvalue weighted by atomic mass is 10.0. The molecular weight excluding hydrogens is 368 g/mol. The van der Waals surface area contributed by atoms with Crippen LogP contribution in [0.15, 0.2) is 32.0 Å². The summed E-state index contributed by atoms with van der Waals surface area (Å²) >= 11 is 0. The zero-order chi connectivity index (χ0) is 20.4. The normalized spacial score (nSPS) is 10.9. The summed E-state index contributed by atoms with van der Waals surface area (Å²) in [6.45, 7) is 2.70. The summed E-state index contributed by atoms with van der Waals surface area (Å²) < 4.78 is 10.8. The van der Waals surface area contributed by atoms with Gasteiger partial charge in [-0.15, -0.1) is 0 Å². The lowest BCUT2D eigenvalue weighted by Crippen LogP contribution is -2.39. The maximum Gasteiger partial charge on any atom is 0.340 e. The van der Waals surface area contributed by atoms with Crippen molar-refractivity contribution >= 4 is 39.7 Å². The third-order valence-corrected chi connectivity index (χ3v) is 4.40. The minimum atomic E-state index is -1.19. The van der Waals surface area contributed by atoms with Crippen molar-refractivity contribution < 1.29 is 28.3 Å². The number of benzene rings is 1. The molecule has 9 nitrogen and oxygen atoms in total. The van der Waals surface area contributed by atoms with Crippen molar-refractivity contribution in [1.82, 2.24) is 10.6 Å². The van der Waals surface area contributed by atoms with E-state index in [-0.39, 0.29) is 18.5 Å². The number of carbonyl (C=O) groups is 3. The number of aryl methyl sites for hydroxylation is 2. The van der Waals surface area contributed by atoms with E-state index in [2.05, 4.69) is 10.6 Å². The number of rotatable bonds is 6. The van der Waals surface area contributed by atoms with Gasteiger partial charge in [0.1, 0.15) is 17.7 Å². The smallest absolute Gasteiger partial charge is 0.340 e. The number of carbonyl (C=O) groups excluding carboxylic acids is 2. The molecule has 0 bridgehead atoms. The maximum atomic E-state index is 12.3. The number of aliphatic carboxylic acids is 1. The SMILES string of the molecule is Cc1coc2cc3oc(=O)c(CC(=O)NCC(=O)NCC(=O)O)c(C)c3cc12. The molecular formula is C19H18N2O7. The van der Waals surface area contributed by atoms with E-state index in [1.54, 1.807) is 19.3 Å². The molecule has 0 spiro atoms. The highest BCUT2D eigenvalue weighted by molar-refractivity contribution is 5.97. The van der Waals surface area contributed by atoms with Crippen molar-refractivity contribution in [2.24, 2.45) is 0 Å². The van der Waals surface area contributed by atoms with Crippen LogP contribution in [0.5, 0.6) is 0 Å². The zero-order valence-electron chi connectivity index (χ0n) is 15.3. The standard InChI is InChI=1S/C19H18N2O7/c1-9-8-27-14-5-15-12(3-11(9)14)10(2)13(19(26)28-15)4-16(22)20-6-17(23)21-7-18(24)25/h3,5,8H,4,6-7H2,1-2H3,(H,20,22)(H,21,23)(H,24,25). The van der Waals surface area contributed by atoms with Gasteiger partial charge in [0.25, 0.3) is 0 Å². The third-order valence-electron chi connectivity index (χ3n) is 4.40. The number of hydrogen-bond acceptors (Lipinski definition) is 6. The van der Waals surface area contributed by atoms with Gasteiger partial charge in [-0.25, -0.2) is 4.79 Å². The number of nitrogens with one attached hydrogen (secondary N) is 2. The number of carboxylic acid groups (broad SMARTS) is 1. The Balaban J connectivity index is 1.80. The number of hydrogen-bond donors (Lipinski definition) is 3. The van der Waals surface area contributed by atoms with Crippen LogP contribution in [-0.4, -0.2) is 36.0 Å². The Labute approximate surface area is 158 Å². The lowest BCUT2D eigenvalue weighted by molar-refractivity contribution is -0.137. The van der Waals surface area contributed by atoms with E-state index < -0.39 is 30.0 Å². The van der Waals surface area contributed by atoms with E-state index in [4.69, 9.17) is 13.9 Å². The largest absolute Gasteiger partial charge is 0.480 e. The quantitative estimate of drug-likeness (QED) is 0.537. The number of amides is 2. The molecule has 3 aromatic rings. The van der Waals surface area contributed by atoms with E-state index in [1.165, 1.54) is 0 Å². The van der Waals surface area contributed by atoms with Crippen LogP contribution < -0.4 is 16.3 Å². The topological polar surface area (TPSA) is 139 Å². The Kier molecular flexibility index (Phi) is 5.16. The maximum absolute atomic E-state index is 12.3. The monoisotopic (exact) mass is 386 g/mol. The molecule has 2 aromatic heterocycles. The molecule has 2 heterocycles. The van der Waals surface area contributed by atoms with Gasteiger partial charge in [0.05, 0.1) is 24.8 Å². The first-order valence-electron chi connectivity index (χ1n) is 8.45. The number of carboxylic acids is 1. The summed E-state index contributed by atoms with van der Waals surface area (Å²) in [5, 5.41) is 14.6. The second-order valence-corrected chi connectivity index (χ2v) is 6.38. The molecule has 0 atom stereocenters. The number of furan rings is 1. The molecule has 3 rings (SSSR count). The Morgan fingerprint density at radius 1 is 1.00 bits per heavy atom. The zero-order valence-corrected chi connectivity index (χ0v) is 15.3. The summed E-state index contributed by atoms with van der Waals surface area (Å²) in [7, 11) is 0. The van der Waals surface area contributed by atoms with E-state index in [0.717, 1.165) is 10.9 Å². The van der Waals surface area contributed by atoms with Crippen molar-refractivity contribution in [1.29, 1.82) is 0 Å². The highest BCUT2D eigenvalue weighted by Gasteiger charge is 2.17. The molecule has 2 amide bonds. The Morgan fingerprint density at radius 3 is 2.43 bits per heavy atom. The molecule has 0 unspecified atom stereocenters. The average Bonchev–Trinajstić information content (AvgIpc) is 3.00. The van der Waals surface area contributed by atoms with Gasteiger partial charge in [0.15, 0.2) is 0 Å². The van der Waals surface area contributed by atoms with Gasteiger partial charge in [0.2, 0.25) is 11.8 Å². The van der Waals surface area contributed by atoms with Gasteiger partial charge in [-0.2, -0.15) is 0 Å². The predicted octanol–water partition coefficient (Wildman–Crippen LogP) is 1.02. The fourth-order valence-electron chi connectivity index (χ4n) is 2.88. The van der Waals surface area contributed by atoms with Crippen molar-refractivity contribution in [3.05, 3.63) is 45.5 Å². The van der Waals surface area contributed by atoms with Crippen molar-refractivity contribution in [2.75, 3.05) is 13.1 Å². The number of fused-ring (bicyclic) bond motifs is 2. The molecule has 0 saturated heterocycles. The van der Waals surface area contributed by atoms with Gasteiger partial charge >= 0.3 is 11.6 Å². The van der Waals surface area contributed by atoms with Crippen LogP contribution in [0.3, 0.4) is 0 Å². The van der Waals surface area contributed by atoms with Gasteiger partial charge in [0, 0.05) is 16.8 Å². The van der Waals surface area contributed by atoms with Gasteiger partial charge < -0.3 is 24.6 Å². The molecule has 0 aliphatic carbocycles. The molecule has 146 valence electrons. The van der Waals surface area contributed by atoms with Crippen molar-refractivity contribution in [2.45, 2.75) is 20.3 Å². The minimum Gasteiger partial charge on any atom is -0.480 e. The summed E-state index contributed by atoms with van der Waals surface area (Å²) in [5.41, 5.74) is 2.06. The highest BCUT2D eigenvalue weighted by atomic mass is 16.4. The van der Waals surface area contributed by atoms with E-state index >= 15 is 0 Å². The molecule has 0 fully saturated rings. The summed E-state index contributed by atoms with van der Waals surface area (Å²) in [6, 6.07) is 3.49. The third kappa shape index (κ3) is 3.88. The van der Waals surface area contributed by atoms with Crippen LogP contribution >= 0.6 is 0 Å². The average molecular weight is 386 g/mol. The summed E-state index contributed by atoms with van der Waals surface area (Å²) in [6.07, 6.45) is 1.35. The molecule has 28 heavy (non-hydrogen) atoms. The van der Waals surface area contributed by atoms with Crippen LogP contribution in [-0.2, 0) is 20.8 Å². The van der Waals surface area contributed by atoms with Gasteiger partial charge in [-0.05, 0) is 31.0 Å². The van der Waals surface area contributed by atoms with Crippen LogP contribution in [0.1, 0.15) is 16.7 Å². The molecule has 0 saturated carbocycles. The molecule has 1 aromatic carbocycles. The van der Waals surface area contributed by atoms with E-state index in [9.17, 15) is 19.2 Å². The van der Waals surface area contributed by atoms with Gasteiger partial charge in [-0.3, -0.25) is 14.4 Å². The van der Waals surface area contributed by atoms with Crippen LogP contribution in [0.4, 0.5) is 0 Å².